The number of aliphatic hydroxyl groups excluding tert-OH is 1. The van der Waals surface area contributed by atoms with Gasteiger partial charge in [0.2, 0.25) is 0 Å². The van der Waals surface area contributed by atoms with Gasteiger partial charge < -0.3 is 15.8 Å². The Balaban J connectivity index is 2.12. The first kappa shape index (κ1) is 12.1. The molecule has 94 valence electrons. The molecular formula is C11H19N5O. The summed E-state index contributed by atoms with van der Waals surface area (Å²) in [6, 6.07) is 0.0722. The Labute approximate surface area is 101 Å². The Hall–Kier alpha value is -1.40. The van der Waals surface area contributed by atoms with Crippen molar-refractivity contribution >= 4 is 11.6 Å². The zero-order valence-corrected chi connectivity index (χ0v) is 9.98. The minimum Gasteiger partial charge on any atom is -0.391 e. The molecule has 1 heterocycles. The van der Waals surface area contributed by atoms with E-state index in [4.69, 9.17) is 5.84 Å². The standard InChI is InChI=1S/C11H19N5O/c1-7-10(13-6-14-11(7)16-12)15-8-4-2-3-5-9(8)17/h6,8-9,17H,2-5,12H2,1H3,(H2,13,14,15,16). The van der Waals surface area contributed by atoms with Gasteiger partial charge >= 0.3 is 0 Å². The van der Waals surface area contributed by atoms with Crippen LogP contribution in [0.5, 0.6) is 0 Å². The molecule has 2 atom stereocenters. The third-order valence-electron chi connectivity index (χ3n) is 3.27. The Bertz CT molecular complexity index is 384. The third-order valence-corrected chi connectivity index (χ3v) is 3.27. The molecule has 0 aromatic carbocycles. The van der Waals surface area contributed by atoms with Crippen molar-refractivity contribution in [3.8, 4) is 0 Å². The van der Waals surface area contributed by atoms with Crippen molar-refractivity contribution in [3.63, 3.8) is 0 Å². The number of hydrogen-bond acceptors (Lipinski definition) is 6. The van der Waals surface area contributed by atoms with E-state index in [1.54, 1.807) is 0 Å². The largest absolute Gasteiger partial charge is 0.391 e. The maximum Gasteiger partial charge on any atom is 0.148 e. The van der Waals surface area contributed by atoms with E-state index in [9.17, 15) is 5.11 Å². The van der Waals surface area contributed by atoms with Gasteiger partial charge in [-0.15, -0.1) is 0 Å². The molecule has 17 heavy (non-hydrogen) atoms. The quantitative estimate of drug-likeness (QED) is 0.458. The number of nitrogens with zero attached hydrogens (tertiary/aromatic N) is 2. The van der Waals surface area contributed by atoms with Gasteiger partial charge in [0.15, 0.2) is 0 Å². The molecule has 0 spiro atoms. The number of nitrogens with one attached hydrogen (secondary N) is 2. The van der Waals surface area contributed by atoms with E-state index >= 15 is 0 Å². The van der Waals surface area contributed by atoms with Gasteiger partial charge in [-0.25, -0.2) is 15.8 Å². The second-order valence-electron chi connectivity index (χ2n) is 4.44. The summed E-state index contributed by atoms with van der Waals surface area (Å²) in [5.41, 5.74) is 3.40. The third kappa shape index (κ3) is 2.65. The predicted octanol–water partition coefficient (Wildman–Crippen LogP) is 0.786. The number of aromatic nitrogens is 2. The second kappa shape index (κ2) is 5.29. The smallest absolute Gasteiger partial charge is 0.148 e. The number of aliphatic hydroxyl groups is 1. The zero-order chi connectivity index (χ0) is 12.3. The summed E-state index contributed by atoms with van der Waals surface area (Å²) < 4.78 is 0. The topological polar surface area (TPSA) is 96.1 Å². The van der Waals surface area contributed by atoms with E-state index in [0.29, 0.717) is 5.82 Å². The van der Waals surface area contributed by atoms with Crippen LogP contribution in [0.15, 0.2) is 6.33 Å². The average Bonchev–Trinajstić information content (AvgIpc) is 2.34. The molecule has 0 radical (unpaired) electrons. The van der Waals surface area contributed by atoms with Crippen LogP contribution in [-0.4, -0.2) is 27.2 Å². The van der Waals surface area contributed by atoms with Gasteiger partial charge in [0.1, 0.15) is 18.0 Å². The van der Waals surface area contributed by atoms with Crippen LogP contribution in [0.1, 0.15) is 31.2 Å². The Kier molecular flexibility index (Phi) is 3.75. The minimum atomic E-state index is -0.299. The lowest BCUT2D eigenvalue weighted by atomic mass is 9.92. The highest BCUT2D eigenvalue weighted by Gasteiger charge is 2.23. The number of nitrogens with two attached hydrogens (primary N) is 1. The predicted molar refractivity (Wildman–Crippen MR) is 66.5 cm³/mol. The molecule has 0 aliphatic heterocycles. The average molecular weight is 237 g/mol. The molecule has 6 heteroatoms. The monoisotopic (exact) mass is 237 g/mol. The lowest BCUT2D eigenvalue weighted by molar-refractivity contribution is 0.116. The van der Waals surface area contributed by atoms with Crippen LogP contribution in [0.4, 0.5) is 11.6 Å². The molecule has 1 saturated carbocycles. The first-order valence-corrected chi connectivity index (χ1v) is 5.95. The summed E-state index contributed by atoms with van der Waals surface area (Å²) >= 11 is 0. The van der Waals surface area contributed by atoms with E-state index in [-0.39, 0.29) is 12.1 Å². The maximum absolute atomic E-state index is 9.90. The maximum atomic E-state index is 9.90. The lowest BCUT2D eigenvalue weighted by Gasteiger charge is -2.29. The highest BCUT2D eigenvalue weighted by molar-refractivity contribution is 5.56. The summed E-state index contributed by atoms with van der Waals surface area (Å²) in [5, 5.41) is 13.2. The number of nitrogen functional groups attached to an aromatic ring is 1. The molecule has 0 bridgehead atoms. The summed E-state index contributed by atoms with van der Waals surface area (Å²) in [6.07, 6.45) is 5.21. The fourth-order valence-electron chi connectivity index (χ4n) is 2.20. The summed E-state index contributed by atoms with van der Waals surface area (Å²) in [4.78, 5) is 8.21. The molecule has 0 amide bonds. The summed E-state index contributed by atoms with van der Waals surface area (Å²) in [7, 11) is 0. The van der Waals surface area contributed by atoms with Crippen LogP contribution < -0.4 is 16.6 Å². The molecule has 5 N–H and O–H groups in total. The number of hydrogen-bond donors (Lipinski definition) is 4. The molecule has 1 aliphatic rings. The number of hydrazine groups is 1. The van der Waals surface area contributed by atoms with Crippen LogP contribution in [0, 0.1) is 6.92 Å². The van der Waals surface area contributed by atoms with E-state index in [1.165, 1.54) is 6.33 Å². The molecule has 1 aliphatic carbocycles. The van der Waals surface area contributed by atoms with Gasteiger partial charge in [-0.1, -0.05) is 12.8 Å². The Morgan fingerprint density at radius 2 is 2.00 bits per heavy atom. The molecule has 1 aromatic heterocycles. The molecular weight excluding hydrogens is 218 g/mol. The second-order valence-corrected chi connectivity index (χ2v) is 4.44. The SMILES string of the molecule is Cc1c(NN)ncnc1NC1CCCCC1O. The highest BCUT2D eigenvalue weighted by atomic mass is 16.3. The number of anilines is 2. The molecule has 2 unspecified atom stereocenters. The first-order valence-electron chi connectivity index (χ1n) is 5.95. The van der Waals surface area contributed by atoms with Crippen molar-refractivity contribution in [2.45, 2.75) is 44.8 Å². The molecule has 1 aromatic rings. The van der Waals surface area contributed by atoms with Gasteiger partial charge in [0.25, 0.3) is 0 Å². The zero-order valence-electron chi connectivity index (χ0n) is 9.98. The highest BCUT2D eigenvalue weighted by Crippen LogP contribution is 2.24. The molecule has 1 fully saturated rings. The van der Waals surface area contributed by atoms with E-state index < -0.39 is 0 Å². The first-order chi connectivity index (χ1) is 8.22. The fraction of sp³-hybridized carbons (Fsp3) is 0.636. The Morgan fingerprint density at radius 1 is 1.29 bits per heavy atom. The minimum absolute atomic E-state index is 0.0722. The summed E-state index contributed by atoms with van der Waals surface area (Å²) in [5.74, 6) is 6.70. The molecule has 6 nitrogen and oxygen atoms in total. The van der Waals surface area contributed by atoms with Crippen molar-refractivity contribution in [1.82, 2.24) is 9.97 Å². The van der Waals surface area contributed by atoms with Crippen molar-refractivity contribution in [2.24, 2.45) is 5.84 Å². The van der Waals surface area contributed by atoms with Crippen LogP contribution in [0.3, 0.4) is 0 Å². The fourth-order valence-corrected chi connectivity index (χ4v) is 2.20. The van der Waals surface area contributed by atoms with Gasteiger partial charge in [-0.05, 0) is 19.8 Å². The lowest BCUT2D eigenvalue weighted by Crippen LogP contribution is -2.36. The summed E-state index contributed by atoms with van der Waals surface area (Å²) in [6.45, 7) is 1.90. The van der Waals surface area contributed by atoms with Crippen molar-refractivity contribution < 1.29 is 5.11 Å². The molecule has 0 saturated heterocycles. The van der Waals surface area contributed by atoms with Crippen molar-refractivity contribution in [2.75, 3.05) is 10.7 Å². The Morgan fingerprint density at radius 3 is 2.71 bits per heavy atom. The van der Waals surface area contributed by atoms with Crippen LogP contribution >= 0.6 is 0 Å². The van der Waals surface area contributed by atoms with Crippen LogP contribution in [-0.2, 0) is 0 Å². The normalized spacial score (nSPS) is 24.4. The van der Waals surface area contributed by atoms with Gasteiger partial charge in [-0.3, -0.25) is 0 Å². The van der Waals surface area contributed by atoms with E-state index in [2.05, 4.69) is 20.7 Å². The number of rotatable bonds is 3. The van der Waals surface area contributed by atoms with Crippen LogP contribution in [0.2, 0.25) is 0 Å². The van der Waals surface area contributed by atoms with Gasteiger partial charge in [-0.2, -0.15) is 0 Å². The molecule has 2 rings (SSSR count). The van der Waals surface area contributed by atoms with E-state index in [0.717, 1.165) is 37.1 Å². The van der Waals surface area contributed by atoms with E-state index in [1.807, 2.05) is 6.92 Å². The van der Waals surface area contributed by atoms with Crippen molar-refractivity contribution in [1.29, 1.82) is 0 Å². The van der Waals surface area contributed by atoms with Gasteiger partial charge in [0, 0.05) is 5.56 Å². The van der Waals surface area contributed by atoms with Gasteiger partial charge in [0.05, 0.1) is 12.1 Å². The van der Waals surface area contributed by atoms with Crippen molar-refractivity contribution in [3.05, 3.63) is 11.9 Å². The van der Waals surface area contributed by atoms with Crippen LogP contribution in [0.25, 0.3) is 0 Å².